The molecule has 4 rings (SSSR count). The molecule has 2 nitrogen and oxygen atoms in total. The van der Waals surface area contributed by atoms with Crippen molar-refractivity contribution < 1.29 is 19.0 Å². The van der Waals surface area contributed by atoms with Crippen molar-refractivity contribution in [2.45, 2.75) is 116 Å². The quantitative estimate of drug-likeness (QED) is 0.543. The fourth-order valence-corrected chi connectivity index (χ4v) is 9.15. The zero-order chi connectivity index (χ0) is 22.1. The van der Waals surface area contributed by atoms with Crippen LogP contribution in [0.4, 0.5) is 8.78 Å². The Bertz CT molecular complexity index is 647. The van der Waals surface area contributed by atoms with Gasteiger partial charge in [-0.1, -0.05) is 20.8 Å². The second-order valence-electron chi connectivity index (χ2n) is 12.7. The van der Waals surface area contributed by atoms with Crippen molar-refractivity contribution in [3.05, 3.63) is 0 Å². The summed E-state index contributed by atoms with van der Waals surface area (Å²) in [6, 6.07) is 0. The SMILES string of the molecule is C[C@H](CC(F)(F)[C@H](C)O)[C@H]1CCC2[C@@H]3CC[C@H]4C[C@@](C)(O)CC[C@]4(C)[C@H]3CC[C@@]21C. The van der Waals surface area contributed by atoms with Crippen LogP contribution in [-0.2, 0) is 0 Å². The fraction of sp³-hybridized carbons (Fsp3) is 1.00. The molecule has 0 saturated heterocycles. The van der Waals surface area contributed by atoms with Crippen molar-refractivity contribution >= 4 is 0 Å². The standard InChI is InChI=1S/C26H44F2O2/c1-16(14-26(27,28)17(2)29)20-8-9-21-19-7-6-18-15-23(3,30)12-13-24(18,4)22(19)10-11-25(20,21)5/h16-22,29-30H,6-15H2,1-5H3/t16-,17+,18+,19+,20-,21?,22+,23+,24+,25-/m1/s1. The molecular weight excluding hydrogens is 382 g/mol. The number of hydrogen-bond acceptors (Lipinski definition) is 2. The zero-order valence-electron chi connectivity index (χ0n) is 19.8. The third-order valence-corrected chi connectivity index (χ3v) is 10.9. The molecule has 4 aliphatic carbocycles. The Morgan fingerprint density at radius 3 is 2.23 bits per heavy atom. The molecule has 4 heteroatoms. The lowest BCUT2D eigenvalue weighted by molar-refractivity contribution is -0.152. The van der Waals surface area contributed by atoms with E-state index in [1.165, 1.54) is 32.6 Å². The van der Waals surface area contributed by atoms with E-state index >= 15 is 0 Å². The lowest BCUT2D eigenvalue weighted by atomic mass is 9.43. The molecule has 174 valence electrons. The van der Waals surface area contributed by atoms with Crippen LogP contribution in [0.3, 0.4) is 0 Å². The van der Waals surface area contributed by atoms with Gasteiger partial charge in [-0.3, -0.25) is 0 Å². The summed E-state index contributed by atoms with van der Waals surface area (Å²) in [4.78, 5) is 0. The predicted octanol–water partition coefficient (Wildman–Crippen LogP) is 6.44. The van der Waals surface area contributed by atoms with Crippen LogP contribution in [0, 0.1) is 46.3 Å². The lowest BCUT2D eigenvalue weighted by Crippen LogP contribution is -2.55. The highest BCUT2D eigenvalue weighted by Crippen LogP contribution is 2.69. The summed E-state index contributed by atoms with van der Waals surface area (Å²) in [5.41, 5.74) is 0.0113. The number of rotatable bonds is 4. The van der Waals surface area contributed by atoms with Gasteiger partial charge in [0.1, 0.15) is 6.10 Å². The highest BCUT2D eigenvalue weighted by molar-refractivity contribution is 5.10. The lowest BCUT2D eigenvalue weighted by Gasteiger charge is -2.62. The molecule has 0 spiro atoms. The molecule has 2 N–H and O–H groups in total. The van der Waals surface area contributed by atoms with E-state index in [4.69, 9.17) is 0 Å². The molecule has 0 radical (unpaired) electrons. The number of hydrogen-bond donors (Lipinski definition) is 2. The molecule has 0 heterocycles. The van der Waals surface area contributed by atoms with Crippen LogP contribution < -0.4 is 0 Å². The van der Waals surface area contributed by atoms with E-state index in [9.17, 15) is 19.0 Å². The van der Waals surface area contributed by atoms with Crippen LogP contribution in [0.15, 0.2) is 0 Å². The van der Waals surface area contributed by atoms with E-state index in [0.29, 0.717) is 23.2 Å². The Labute approximate surface area is 182 Å². The number of aliphatic hydroxyl groups is 2. The van der Waals surface area contributed by atoms with Crippen molar-refractivity contribution in [1.82, 2.24) is 0 Å². The maximum absolute atomic E-state index is 14.3. The van der Waals surface area contributed by atoms with Crippen LogP contribution in [0.2, 0.25) is 0 Å². The predicted molar refractivity (Wildman–Crippen MR) is 116 cm³/mol. The maximum Gasteiger partial charge on any atom is 0.273 e. The molecule has 1 unspecified atom stereocenters. The second kappa shape index (κ2) is 7.40. The molecule has 0 aromatic carbocycles. The zero-order valence-corrected chi connectivity index (χ0v) is 19.8. The molecule has 4 aliphatic rings. The maximum atomic E-state index is 14.3. The summed E-state index contributed by atoms with van der Waals surface area (Å²) < 4.78 is 28.6. The minimum atomic E-state index is -2.99. The van der Waals surface area contributed by atoms with Crippen molar-refractivity contribution in [3.63, 3.8) is 0 Å². The second-order valence-corrected chi connectivity index (χ2v) is 12.7. The average molecular weight is 427 g/mol. The third-order valence-electron chi connectivity index (χ3n) is 10.9. The van der Waals surface area contributed by atoms with Crippen molar-refractivity contribution in [2.24, 2.45) is 46.3 Å². The summed E-state index contributed by atoms with van der Waals surface area (Å²) in [7, 11) is 0. The van der Waals surface area contributed by atoms with Gasteiger partial charge in [-0.2, -0.15) is 0 Å². The first-order valence-corrected chi connectivity index (χ1v) is 12.6. The molecular formula is C26H44F2O2. The number of fused-ring (bicyclic) bond motifs is 5. The first-order chi connectivity index (χ1) is 13.8. The van der Waals surface area contributed by atoms with Crippen LogP contribution in [-0.4, -0.2) is 27.8 Å². The van der Waals surface area contributed by atoms with Gasteiger partial charge in [-0.15, -0.1) is 0 Å². The van der Waals surface area contributed by atoms with Crippen LogP contribution in [0.25, 0.3) is 0 Å². The molecule has 10 atom stereocenters. The molecule has 0 bridgehead atoms. The van der Waals surface area contributed by atoms with E-state index in [1.54, 1.807) is 0 Å². The summed E-state index contributed by atoms with van der Waals surface area (Å²) in [5.74, 6) is 0.0385. The largest absolute Gasteiger partial charge is 0.390 e. The van der Waals surface area contributed by atoms with Crippen molar-refractivity contribution in [2.75, 3.05) is 0 Å². The average Bonchev–Trinajstić information content (AvgIpc) is 2.99. The van der Waals surface area contributed by atoms with Gasteiger partial charge < -0.3 is 10.2 Å². The number of aliphatic hydroxyl groups excluding tert-OH is 1. The Kier molecular flexibility index (Phi) is 5.66. The highest BCUT2D eigenvalue weighted by atomic mass is 19.3. The molecule has 0 aliphatic heterocycles. The van der Waals surface area contributed by atoms with Gasteiger partial charge in [0.15, 0.2) is 0 Å². The van der Waals surface area contributed by atoms with Gasteiger partial charge in [0, 0.05) is 6.42 Å². The molecule has 0 aromatic rings. The van der Waals surface area contributed by atoms with Gasteiger partial charge in [0.25, 0.3) is 5.92 Å². The smallest absolute Gasteiger partial charge is 0.273 e. The van der Waals surface area contributed by atoms with Gasteiger partial charge in [0.05, 0.1) is 5.60 Å². The Balaban J connectivity index is 1.52. The van der Waals surface area contributed by atoms with Crippen molar-refractivity contribution in [3.8, 4) is 0 Å². The summed E-state index contributed by atoms with van der Waals surface area (Å²) >= 11 is 0. The van der Waals surface area contributed by atoms with E-state index < -0.39 is 17.6 Å². The monoisotopic (exact) mass is 426 g/mol. The Morgan fingerprint density at radius 2 is 1.57 bits per heavy atom. The topological polar surface area (TPSA) is 40.5 Å². The minimum absolute atomic E-state index is 0.0575. The molecule has 0 amide bonds. The Hall–Kier alpha value is -0.220. The minimum Gasteiger partial charge on any atom is -0.390 e. The van der Waals surface area contributed by atoms with E-state index in [0.717, 1.165) is 43.9 Å². The van der Waals surface area contributed by atoms with Gasteiger partial charge in [-0.25, -0.2) is 8.78 Å². The van der Waals surface area contributed by atoms with Gasteiger partial charge in [0.2, 0.25) is 0 Å². The van der Waals surface area contributed by atoms with Crippen LogP contribution in [0.5, 0.6) is 0 Å². The van der Waals surface area contributed by atoms with Gasteiger partial charge >= 0.3 is 0 Å². The summed E-state index contributed by atoms with van der Waals surface area (Å²) in [5, 5.41) is 20.2. The first kappa shape index (κ1) is 23.0. The van der Waals surface area contributed by atoms with E-state index in [1.807, 2.05) is 13.8 Å². The van der Waals surface area contributed by atoms with Crippen LogP contribution >= 0.6 is 0 Å². The first-order valence-electron chi connectivity index (χ1n) is 12.6. The third kappa shape index (κ3) is 3.56. The highest BCUT2D eigenvalue weighted by Gasteiger charge is 2.61. The Morgan fingerprint density at radius 1 is 0.900 bits per heavy atom. The molecule has 4 saturated carbocycles. The normalized spacial score (nSPS) is 50.9. The van der Waals surface area contributed by atoms with Gasteiger partial charge in [-0.05, 0) is 118 Å². The molecule has 30 heavy (non-hydrogen) atoms. The van der Waals surface area contributed by atoms with Crippen LogP contribution in [0.1, 0.15) is 98.8 Å². The summed E-state index contributed by atoms with van der Waals surface area (Å²) in [6.07, 6.45) is 8.35. The fourth-order valence-electron chi connectivity index (χ4n) is 9.15. The summed E-state index contributed by atoms with van der Waals surface area (Å²) in [6.45, 7) is 10.1. The molecule has 0 aromatic heterocycles. The number of alkyl halides is 2. The van der Waals surface area contributed by atoms with E-state index in [2.05, 4.69) is 13.8 Å². The number of halogens is 2. The van der Waals surface area contributed by atoms with Crippen molar-refractivity contribution in [1.29, 1.82) is 0 Å². The molecule has 4 fully saturated rings. The van der Waals surface area contributed by atoms with E-state index in [-0.39, 0.29) is 17.8 Å².